The quantitative estimate of drug-likeness (QED) is 0.860. The molecule has 18 heavy (non-hydrogen) atoms. The molecule has 1 aliphatic rings. The minimum Gasteiger partial charge on any atom is -0.384 e. The first-order valence-corrected chi connectivity index (χ1v) is 7.11. The molecule has 0 bridgehead atoms. The van der Waals surface area contributed by atoms with E-state index in [1.807, 2.05) is 11.8 Å². The summed E-state index contributed by atoms with van der Waals surface area (Å²) in [6.07, 6.45) is 0. The van der Waals surface area contributed by atoms with Gasteiger partial charge in [-0.1, -0.05) is 11.6 Å². The van der Waals surface area contributed by atoms with Gasteiger partial charge in [0.15, 0.2) is 0 Å². The molecule has 98 valence electrons. The van der Waals surface area contributed by atoms with Crippen molar-refractivity contribution in [2.24, 2.45) is 0 Å². The number of carbonyl (C=O) groups is 1. The minimum absolute atomic E-state index is 0.0701. The molecule has 6 heteroatoms. The van der Waals surface area contributed by atoms with Crippen molar-refractivity contribution in [1.82, 2.24) is 9.88 Å². The lowest BCUT2D eigenvalue weighted by atomic mass is 10.1. The summed E-state index contributed by atoms with van der Waals surface area (Å²) in [4.78, 5) is 18.2. The largest absolute Gasteiger partial charge is 0.384 e. The second-order valence-electron chi connectivity index (χ2n) is 4.90. The summed E-state index contributed by atoms with van der Waals surface area (Å²) in [5, 5.41) is 0.352. The molecule has 1 amide bonds. The Morgan fingerprint density at radius 2 is 2.28 bits per heavy atom. The molecule has 0 saturated carbocycles. The Hall–Kier alpha value is -0.940. The summed E-state index contributed by atoms with van der Waals surface area (Å²) in [5.74, 6) is 1.10. The number of amides is 1. The van der Waals surface area contributed by atoms with Crippen molar-refractivity contribution in [2.75, 3.05) is 24.6 Å². The molecule has 0 unspecified atom stereocenters. The van der Waals surface area contributed by atoms with Crippen molar-refractivity contribution >= 4 is 35.1 Å². The Bertz CT molecular complexity index is 478. The van der Waals surface area contributed by atoms with Crippen LogP contribution in [0.15, 0.2) is 12.1 Å². The fourth-order valence-electron chi connectivity index (χ4n) is 1.95. The van der Waals surface area contributed by atoms with Crippen molar-refractivity contribution in [3.05, 3.63) is 22.8 Å². The molecule has 0 atom stereocenters. The zero-order valence-electron chi connectivity index (χ0n) is 10.4. The van der Waals surface area contributed by atoms with Gasteiger partial charge in [0.25, 0.3) is 5.91 Å². The number of nitrogens with two attached hydrogens (primary N) is 1. The number of thioether (sulfide) groups is 1. The van der Waals surface area contributed by atoms with Gasteiger partial charge < -0.3 is 10.6 Å². The van der Waals surface area contributed by atoms with Gasteiger partial charge in [0, 0.05) is 23.6 Å². The summed E-state index contributed by atoms with van der Waals surface area (Å²) in [7, 11) is 0. The number of carbonyl (C=O) groups excluding carboxylic acids is 1. The van der Waals surface area contributed by atoms with Crippen molar-refractivity contribution in [3.8, 4) is 0 Å². The van der Waals surface area contributed by atoms with Gasteiger partial charge in [0.05, 0.1) is 5.02 Å². The van der Waals surface area contributed by atoms with Crippen molar-refractivity contribution in [3.63, 3.8) is 0 Å². The van der Waals surface area contributed by atoms with E-state index in [1.165, 1.54) is 0 Å². The number of hydrogen-bond acceptors (Lipinski definition) is 4. The fraction of sp³-hybridized carbons (Fsp3) is 0.500. The molecule has 2 rings (SSSR count). The Morgan fingerprint density at radius 3 is 2.94 bits per heavy atom. The number of halogens is 1. The van der Waals surface area contributed by atoms with Crippen LogP contribution < -0.4 is 5.73 Å². The van der Waals surface area contributed by atoms with Crippen LogP contribution in [0, 0.1) is 0 Å². The van der Waals surface area contributed by atoms with Crippen molar-refractivity contribution < 1.29 is 4.79 Å². The van der Waals surface area contributed by atoms with E-state index in [4.69, 9.17) is 17.3 Å². The van der Waals surface area contributed by atoms with Crippen LogP contribution in [-0.2, 0) is 0 Å². The predicted molar refractivity (Wildman–Crippen MR) is 76.1 cm³/mol. The van der Waals surface area contributed by atoms with Gasteiger partial charge in [0.1, 0.15) is 11.5 Å². The average Bonchev–Trinajstić information content (AvgIpc) is 2.30. The monoisotopic (exact) mass is 285 g/mol. The van der Waals surface area contributed by atoms with E-state index in [0.29, 0.717) is 17.4 Å². The Kier molecular flexibility index (Phi) is 3.73. The van der Waals surface area contributed by atoms with Gasteiger partial charge in [-0.05, 0) is 26.0 Å². The first-order chi connectivity index (χ1) is 8.39. The van der Waals surface area contributed by atoms with Gasteiger partial charge in [0.2, 0.25) is 0 Å². The zero-order chi connectivity index (χ0) is 13.3. The molecule has 1 aromatic rings. The molecular weight excluding hydrogens is 270 g/mol. The van der Waals surface area contributed by atoms with E-state index >= 15 is 0 Å². The van der Waals surface area contributed by atoms with E-state index in [1.54, 1.807) is 17.0 Å². The molecule has 0 radical (unpaired) electrons. The average molecular weight is 286 g/mol. The number of pyridine rings is 1. The van der Waals surface area contributed by atoms with Crippen LogP contribution in [0.2, 0.25) is 5.02 Å². The van der Waals surface area contributed by atoms with Crippen LogP contribution in [0.4, 0.5) is 5.82 Å². The highest BCUT2D eigenvalue weighted by Gasteiger charge is 2.31. The maximum absolute atomic E-state index is 12.4. The van der Waals surface area contributed by atoms with Crippen molar-refractivity contribution in [1.29, 1.82) is 0 Å². The van der Waals surface area contributed by atoms with Gasteiger partial charge in [-0.3, -0.25) is 4.79 Å². The van der Waals surface area contributed by atoms with Gasteiger partial charge >= 0.3 is 0 Å². The lowest BCUT2D eigenvalue weighted by Crippen LogP contribution is -2.46. The molecule has 1 fully saturated rings. The first kappa shape index (κ1) is 13.5. The number of nitrogen functional groups attached to an aromatic ring is 1. The maximum Gasteiger partial charge on any atom is 0.274 e. The molecule has 1 aromatic heterocycles. The van der Waals surface area contributed by atoms with E-state index in [-0.39, 0.29) is 16.3 Å². The smallest absolute Gasteiger partial charge is 0.274 e. The number of hydrogen-bond donors (Lipinski definition) is 1. The predicted octanol–water partition coefficient (Wildman–Crippen LogP) is 2.28. The third-order valence-electron chi connectivity index (χ3n) is 2.78. The lowest BCUT2D eigenvalue weighted by molar-refractivity contribution is 0.0742. The van der Waals surface area contributed by atoms with Crippen LogP contribution in [0.25, 0.3) is 0 Å². The van der Waals surface area contributed by atoms with E-state index < -0.39 is 0 Å². The minimum atomic E-state index is -0.138. The molecular formula is C12H16ClN3OS. The molecule has 4 nitrogen and oxygen atoms in total. The molecule has 1 aliphatic heterocycles. The van der Waals surface area contributed by atoms with Crippen LogP contribution >= 0.6 is 23.4 Å². The molecule has 2 N–H and O–H groups in total. The topological polar surface area (TPSA) is 59.2 Å². The Morgan fingerprint density at radius 1 is 1.56 bits per heavy atom. The van der Waals surface area contributed by atoms with Gasteiger partial charge in [-0.25, -0.2) is 4.98 Å². The maximum atomic E-state index is 12.4. The second kappa shape index (κ2) is 4.97. The summed E-state index contributed by atoms with van der Waals surface area (Å²) < 4.78 is 0.0701. The normalized spacial score (nSPS) is 18.7. The van der Waals surface area contributed by atoms with Crippen molar-refractivity contribution in [2.45, 2.75) is 18.6 Å². The zero-order valence-corrected chi connectivity index (χ0v) is 12.0. The third kappa shape index (κ3) is 2.90. The number of nitrogens with zero attached hydrogens (tertiary/aromatic N) is 2. The molecule has 0 aliphatic carbocycles. The summed E-state index contributed by atoms with van der Waals surface area (Å²) in [5.41, 5.74) is 5.85. The highest BCUT2D eigenvalue weighted by Crippen LogP contribution is 2.30. The highest BCUT2D eigenvalue weighted by atomic mass is 35.5. The van der Waals surface area contributed by atoms with E-state index in [0.717, 1.165) is 12.3 Å². The van der Waals surface area contributed by atoms with Gasteiger partial charge in [-0.2, -0.15) is 11.8 Å². The van der Waals surface area contributed by atoms with Crippen LogP contribution in [-0.4, -0.2) is 39.4 Å². The molecule has 0 aromatic carbocycles. The van der Waals surface area contributed by atoms with Gasteiger partial charge in [-0.15, -0.1) is 0 Å². The Labute approximate surface area is 116 Å². The number of aromatic nitrogens is 1. The molecule has 1 saturated heterocycles. The molecule has 2 heterocycles. The SMILES string of the molecule is CC1(C)CN(C(=O)c2nc(N)ccc2Cl)CCS1. The van der Waals surface area contributed by atoms with E-state index in [2.05, 4.69) is 18.8 Å². The third-order valence-corrected chi connectivity index (χ3v) is 4.39. The van der Waals surface area contributed by atoms with E-state index in [9.17, 15) is 4.79 Å². The first-order valence-electron chi connectivity index (χ1n) is 5.74. The van der Waals surface area contributed by atoms with Crippen LogP contribution in [0.5, 0.6) is 0 Å². The molecule has 0 spiro atoms. The summed E-state index contributed by atoms with van der Waals surface area (Å²) >= 11 is 7.88. The summed E-state index contributed by atoms with van der Waals surface area (Å²) in [6.45, 7) is 5.68. The fourth-order valence-corrected chi connectivity index (χ4v) is 3.24. The second-order valence-corrected chi connectivity index (χ2v) is 7.11. The number of rotatable bonds is 1. The van der Waals surface area contributed by atoms with Crippen LogP contribution in [0.3, 0.4) is 0 Å². The van der Waals surface area contributed by atoms with Crippen LogP contribution in [0.1, 0.15) is 24.3 Å². The highest BCUT2D eigenvalue weighted by molar-refractivity contribution is 8.00. The summed E-state index contributed by atoms with van der Waals surface area (Å²) in [6, 6.07) is 3.20. The lowest BCUT2D eigenvalue weighted by Gasteiger charge is -2.37. The number of anilines is 1. The Balaban J connectivity index is 2.23. The standard InChI is InChI=1S/C12H16ClN3OS/c1-12(2)7-16(5-6-18-12)11(17)10-8(13)3-4-9(14)15-10/h3-4H,5-7H2,1-2H3,(H2,14,15).